The minimum Gasteiger partial charge on any atom is -0.480 e. The summed E-state index contributed by atoms with van der Waals surface area (Å²) in [4.78, 5) is 21.8. The molecule has 1 aromatic rings. The topological polar surface area (TPSA) is 98.7 Å². The van der Waals surface area contributed by atoms with E-state index in [-0.39, 0.29) is 6.07 Å². The summed E-state index contributed by atoms with van der Waals surface area (Å²) in [6.07, 6.45) is 0. The molecule has 0 radical (unpaired) electrons. The van der Waals surface area contributed by atoms with Crippen LogP contribution in [0.3, 0.4) is 0 Å². The van der Waals surface area contributed by atoms with Gasteiger partial charge in [-0.25, -0.2) is 22.8 Å². The van der Waals surface area contributed by atoms with Crippen LogP contribution in [0.5, 0.6) is 0 Å². The van der Waals surface area contributed by atoms with Crippen molar-refractivity contribution in [2.75, 3.05) is 11.9 Å². The Labute approximate surface area is 104 Å². The molecule has 0 spiro atoms. The summed E-state index contributed by atoms with van der Waals surface area (Å²) in [7, 11) is 0. The Morgan fingerprint density at radius 2 is 1.74 bits per heavy atom. The SMILES string of the molecule is O=C(Nc1cc(F)c(F)cc1F)NC(CO)C(=O)O. The standard InChI is InChI=1S/C10H9F3N2O4/c11-4-1-6(13)7(2-5(4)12)14-10(19)15-8(3-16)9(17)18/h1-2,8,16H,3H2,(H,17,18)(H2,14,15,19). The minimum absolute atomic E-state index is 0.228. The van der Waals surface area contributed by atoms with E-state index in [2.05, 4.69) is 0 Å². The number of halogens is 3. The Bertz CT molecular complexity index is 510. The second-order valence-electron chi connectivity index (χ2n) is 3.42. The maximum absolute atomic E-state index is 13.2. The minimum atomic E-state index is -1.60. The number of amides is 2. The molecule has 0 aliphatic rings. The van der Waals surface area contributed by atoms with Gasteiger partial charge in [-0.3, -0.25) is 0 Å². The molecule has 104 valence electrons. The van der Waals surface area contributed by atoms with Crippen LogP contribution in [0.4, 0.5) is 23.7 Å². The molecular weight excluding hydrogens is 269 g/mol. The molecule has 1 rings (SSSR count). The Hall–Kier alpha value is -2.29. The fourth-order valence-corrected chi connectivity index (χ4v) is 1.12. The molecule has 19 heavy (non-hydrogen) atoms. The third-order valence-corrected chi connectivity index (χ3v) is 2.04. The van der Waals surface area contributed by atoms with Gasteiger partial charge in [0.25, 0.3) is 0 Å². The van der Waals surface area contributed by atoms with Crippen LogP contribution in [0.1, 0.15) is 0 Å². The first-order valence-corrected chi connectivity index (χ1v) is 4.91. The molecule has 0 fully saturated rings. The highest BCUT2D eigenvalue weighted by molar-refractivity contribution is 5.92. The number of hydrogen-bond acceptors (Lipinski definition) is 3. The highest BCUT2D eigenvalue weighted by Crippen LogP contribution is 2.18. The Balaban J connectivity index is 2.77. The van der Waals surface area contributed by atoms with Gasteiger partial charge in [0.1, 0.15) is 5.82 Å². The lowest BCUT2D eigenvalue weighted by Crippen LogP contribution is -2.45. The van der Waals surface area contributed by atoms with Gasteiger partial charge in [0, 0.05) is 12.1 Å². The predicted octanol–water partition coefficient (Wildman–Crippen LogP) is 0.671. The van der Waals surface area contributed by atoms with Crippen molar-refractivity contribution in [3.8, 4) is 0 Å². The molecule has 0 aliphatic carbocycles. The molecule has 9 heteroatoms. The highest BCUT2D eigenvalue weighted by Gasteiger charge is 2.19. The lowest BCUT2D eigenvalue weighted by atomic mass is 10.3. The summed E-state index contributed by atoms with van der Waals surface area (Å²) in [6, 6.07) is -2.16. The van der Waals surface area contributed by atoms with Crippen LogP contribution >= 0.6 is 0 Å². The number of carbonyl (C=O) groups is 2. The van der Waals surface area contributed by atoms with Crippen molar-refractivity contribution in [1.82, 2.24) is 5.32 Å². The average Bonchev–Trinajstić information content (AvgIpc) is 2.32. The number of hydrogen-bond donors (Lipinski definition) is 4. The van der Waals surface area contributed by atoms with Gasteiger partial charge in [-0.1, -0.05) is 0 Å². The molecular formula is C10H9F3N2O4. The molecule has 1 aromatic carbocycles. The maximum atomic E-state index is 13.2. The van der Waals surface area contributed by atoms with Gasteiger partial charge in [0.2, 0.25) is 0 Å². The molecule has 0 saturated heterocycles. The van der Waals surface area contributed by atoms with Crippen LogP contribution in [0.25, 0.3) is 0 Å². The Morgan fingerprint density at radius 3 is 2.26 bits per heavy atom. The van der Waals surface area contributed by atoms with Crippen LogP contribution in [-0.2, 0) is 4.79 Å². The number of aliphatic hydroxyl groups excluding tert-OH is 1. The van der Waals surface area contributed by atoms with Crippen LogP contribution in [0.2, 0.25) is 0 Å². The highest BCUT2D eigenvalue weighted by atomic mass is 19.2. The summed E-state index contributed by atoms with van der Waals surface area (Å²) < 4.78 is 38.6. The van der Waals surface area contributed by atoms with E-state index >= 15 is 0 Å². The monoisotopic (exact) mass is 278 g/mol. The fourth-order valence-electron chi connectivity index (χ4n) is 1.12. The Morgan fingerprint density at radius 1 is 1.16 bits per heavy atom. The zero-order valence-corrected chi connectivity index (χ0v) is 9.28. The predicted molar refractivity (Wildman–Crippen MR) is 57.0 cm³/mol. The molecule has 0 aliphatic heterocycles. The molecule has 1 atom stereocenters. The number of aliphatic carboxylic acids is 1. The summed E-state index contributed by atoms with van der Waals surface area (Å²) >= 11 is 0. The van der Waals surface area contributed by atoms with E-state index < -0.39 is 47.8 Å². The van der Waals surface area contributed by atoms with Crippen molar-refractivity contribution >= 4 is 17.7 Å². The van der Waals surface area contributed by atoms with Gasteiger partial charge in [-0.05, 0) is 0 Å². The van der Waals surface area contributed by atoms with Crippen molar-refractivity contribution in [3.63, 3.8) is 0 Å². The van der Waals surface area contributed by atoms with Crippen LogP contribution in [-0.4, -0.2) is 34.9 Å². The molecule has 4 N–H and O–H groups in total. The molecule has 1 unspecified atom stereocenters. The number of carboxylic acids is 1. The lowest BCUT2D eigenvalue weighted by molar-refractivity contribution is -0.140. The number of carbonyl (C=O) groups excluding carboxylic acids is 1. The van der Waals surface area contributed by atoms with E-state index in [1.165, 1.54) is 0 Å². The van der Waals surface area contributed by atoms with Crippen molar-refractivity contribution in [1.29, 1.82) is 0 Å². The molecule has 0 heterocycles. The van der Waals surface area contributed by atoms with E-state index in [9.17, 15) is 22.8 Å². The smallest absolute Gasteiger partial charge is 0.328 e. The first kappa shape index (κ1) is 14.8. The summed E-state index contributed by atoms with van der Waals surface area (Å²) in [6.45, 7) is -0.886. The first-order chi connectivity index (χ1) is 8.85. The number of benzene rings is 1. The number of nitrogens with one attached hydrogen (secondary N) is 2. The van der Waals surface area contributed by atoms with Crippen LogP contribution < -0.4 is 10.6 Å². The molecule has 0 aromatic heterocycles. The second-order valence-corrected chi connectivity index (χ2v) is 3.42. The van der Waals surface area contributed by atoms with Crippen LogP contribution in [0.15, 0.2) is 12.1 Å². The van der Waals surface area contributed by atoms with Crippen molar-refractivity contribution < 1.29 is 33.0 Å². The first-order valence-electron chi connectivity index (χ1n) is 4.91. The summed E-state index contributed by atoms with van der Waals surface area (Å²) in [5.41, 5.74) is -0.668. The Kier molecular flexibility index (Phi) is 4.70. The fraction of sp³-hybridized carbons (Fsp3) is 0.200. The third-order valence-electron chi connectivity index (χ3n) is 2.04. The van der Waals surface area contributed by atoms with Gasteiger partial charge in [0.15, 0.2) is 17.7 Å². The zero-order valence-electron chi connectivity index (χ0n) is 9.28. The van der Waals surface area contributed by atoms with E-state index in [4.69, 9.17) is 10.2 Å². The number of carboxylic acid groups (broad SMARTS) is 1. The number of aliphatic hydroxyl groups is 1. The quantitative estimate of drug-likeness (QED) is 0.608. The van der Waals surface area contributed by atoms with Gasteiger partial charge in [-0.15, -0.1) is 0 Å². The van der Waals surface area contributed by atoms with E-state index in [0.29, 0.717) is 6.07 Å². The molecule has 6 nitrogen and oxygen atoms in total. The maximum Gasteiger partial charge on any atom is 0.328 e. The van der Waals surface area contributed by atoms with Gasteiger partial charge in [0.05, 0.1) is 12.3 Å². The molecule has 2 amide bonds. The normalized spacial score (nSPS) is 11.8. The van der Waals surface area contributed by atoms with E-state index in [1.54, 1.807) is 10.6 Å². The molecule has 0 bridgehead atoms. The van der Waals surface area contributed by atoms with Crippen LogP contribution in [0, 0.1) is 17.5 Å². The lowest BCUT2D eigenvalue weighted by Gasteiger charge is -2.13. The van der Waals surface area contributed by atoms with E-state index in [0.717, 1.165) is 0 Å². The zero-order chi connectivity index (χ0) is 14.6. The largest absolute Gasteiger partial charge is 0.480 e. The second kappa shape index (κ2) is 6.05. The molecule has 0 saturated carbocycles. The van der Waals surface area contributed by atoms with E-state index in [1.807, 2.05) is 0 Å². The number of anilines is 1. The van der Waals surface area contributed by atoms with Crippen molar-refractivity contribution in [3.05, 3.63) is 29.6 Å². The third kappa shape index (κ3) is 3.85. The van der Waals surface area contributed by atoms with Gasteiger partial charge in [-0.2, -0.15) is 0 Å². The number of urea groups is 1. The van der Waals surface area contributed by atoms with Gasteiger partial charge >= 0.3 is 12.0 Å². The van der Waals surface area contributed by atoms with Gasteiger partial charge < -0.3 is 20.8 Å². The summed E-state index contributed by atoms with van der Waals surface area (Å²) in [5.74, 6) is -5.55. The van der Waals surface area contributed by atoms with Crippen molar-refractivity contribution in [2.45, 2.75) is 6.04 Å². The number of rotatable bonds is 4. The van der Waals surface area contributed by atoms with Crippen molar-refractivity contribution in [2.24, 2.45) is 0 Å². The average molecular weight is 278 g/mol. The summed E-state index contributed by atoms with van der Waals surface area (Å²) in [5, 5.41) is 20.8.